The second kappa shape index (κ2) is 9.89. The van der Waals surface area contributed by atoms with Crippen LogP contribution in [-0.4, -0.2) is 38.5 Å². The van der Waals surface area contributed by atoms with Crippen molar-refractivity contribution in [2.75, 3.05) is 32.8 Å². The number of ether oxygens (including phenoxy) is 3. The Kier molecular flexibility index (Phi) is 7.27. The molecular formula is C20H19ClN2O4S2. The number of halogens is 1. The van der Waals surface area contributed by atoms with Gasteiger partial charge in [0.15, 0.2) is 5.11 Å². The second-order valence-electron chi connectivity index (χ2n) is 5.88. The van der Waals surface area contributed by atoms with Crippen molar-refractivity contribution in [2.45, 2.75) is 0 Å². The molecule has 0 aliphatic carbocycles. The lowest BCUT2D eigenvalue weighted by molar-refractivity contribution is 0.0982. The first-order chi connectivity index (χ1) is 14.0. The molecule has 0 atom stereocenters. The number of anilines is 1. The van der Waals surface area contributed by atoms with E-state index in [0.717, 1.165) is 10.1 Å². The van der Waals surface area contributed by atoms with Crippen LogP contribution in [0, 0.1) is 0 Å². The van der Waals surface area contributed by atoms with Crippen LogP contribution in [0.25, 0.3) is 10.1 Å². The first-order valence-electron chi connectivity index (χ1n) is 8.62. The van der Waals surface area contributed by atoms with Crippen LogP contribution in [-0.2, 0) is 4.74 Å². The molecule has 0 saturated carbocycles. The molecular weight excluding hydrogens is 432 g/mol. The number of carbonyl (C=O) groups excluding carboxylic acids is 1. The fourth-order valence-corrected chi connectivity index (χ4v) is 4.20. The Bertz CT molecular complexity index is 1040. The number of thiocarbonyl (C=S) groups is 1. The third-order valence-corrected chi connectivity index (χ3v) is 5.78. The number of amides is 1. The second-order valence-corrected chi connectivity index (χ2v) is 7.72. The van der Waals surface area contributed by atoms with Crippen molar-refractivity contribution in [1.29, 1.82) is 0 Å². The maximum absolute atomic E-state index is 12.6. The minimum Gasteiger partial charge on any atom is -0.497 e. The van der Waals surface area contributed by atoms with Gasteiger partial charge in [-0.3, -0.25) is 10.1 Å². The fourth-order valence-electron chi connectivity index (χ4n) is 2.55. The van der Waals surface area contributed by atoms with E-state index in [9.17, 15) is 4.79 Å². The Morgan fingerprint density at radius 2 is 1.97 bits per heavy atom. The van der Waals surface area contributed by atoms with Crippen LogP contribution in [0.5, 0.6) is 11.5 Å². The van der Waals surface area contributed by atoms with Gasteiger partial charge in [-0.2, -0.15) is 0 Å². The predicted molar refractivity (Wildman–Crippen MR) is 121 cm³/mol. The smallest absolute Gasteiger partial charge is 0.269 e. The van der Waals surface area contributed by atoms with Gasteiger partial charge in [-0.15, -0.1) is 11.3 Å². The summed E-state index contributed by atoms with van der Waals surface area (Å²) in [4.78, 5) is 13.0. The van der Waals surface area contributed by atoms with Crippen LogP contribution in [0.1, 0.15) is 9.67 Å². The number of fused-ring (bicyclic) bond motifs is 1. The molecule has 1 heterocycles. The lowest BCUT2D eigenvalue weighted by Gasteiger charge is -2.11. The van der Waals surface area contributed by atoms with Crippen LogP contribution in [0.15, 0.2) is 42.5 Å². The first kappa shape index (κ1) is 21.3. The molecule has 0 spiro atoms. The van der Waals surface area contributed by atoms with Crippen molar-refractivity contribution in [3.63, 3.8) is 0 Å². The summed E-state index contributed by atoms with van der Waals surface area (Å²) in [5, 5.41) is 6.98. The minimum atomic E-state index is -0.375. The number of thiophene rings is 1. The average Bonchev–Trinajstić information content (AvgIpc) is 3.04. The summed E-state index contributed by atoms with van der Waals surface area (Å²) in [5.41, 5.74) is 0.692. The molecule has 3 rings (SSSR count). The molecule has 0 radical (unpaired) electrons. The topological polar surface area (TPSA) is 68.8 Å². The Morgan fingerprint density at radius 3 is 2.72 bits per heavy atom. The van der Waals surface area contributed by atoms with E-state index in [0.29, 0.717) is 40.3 Å². The third kappa shape index (κ3) is 5.36. The molecule has 29 heavy (non-hydrogen) atoms. The normalized spacial score (nSPS) is 10.6. The van der Waals surface area contributed by atoms with Crippen molar-refractivity contribution in [3.8, 4) is 11.5 Å². The number of rotatable bonds is 7. The summed E-state index contributed by atoms with van der Waals surface area (Å²) in [6.45, 7) is 0.935. The molecule has 2 N–H and O–H groups in total. The van der Waals surface area contributed by atoms with Gasteiger partial charge in [-0.25, -0.2) is 0 Å². The number of nitrogens with one attached hydrogen (secondary N) is 2. The molecule has 2 aromatic carbocycles. The Morgan fingerprint density at radius 1 is 1.14 bits per heavy atom. The summed E-state index contributed by atoms with van der Waals surface area (Å²) >= 11 is 12.9. The van der Waals surface area contributed by atoms with Crippen LogP contribution < -0.4 is 20.1 Å². The molecule has 9 heteroatoms. The minimum absolute atomic E-state index is 0.162. The zero-order chi connectivity index (χ0) is 20.8. The van der Waals surface area contributed by atoms with E-state index in [1.807, 2.05) is 30.3 Å². The zero-order valence-electron chi connectivity index (χ0n) is 15.8. The number of hydrogen-bond donors (Lipinski definition) is 2. The Balaban J connectivity index is 1.66. The highest BCUT2D eigenvalue weighted by atomic mass is 35.5. The quantitative estimate of drug-likeness (QED) is 0.401. The van der Waals surface area contributed by atoms with Crippen molar-refractivity contribution >= 4 is 61.9 Å². The largest absolute Gasteiger partial charge is 0.497 e. The summed E-state index contributed by atoms with van der Waals surface area (Å²) in [7, 11) is 3.20. The van der Waals surface area contributed by atoms with Gasteiger partial charge in [0.05, 0.1) is 18.7 Å². The lowest BCUT2D eigenvalue weighted by Crippen LogP contribution is -2.33. The molecule has 0 fully saturated rings. The van der Waals surface area contributed by atoms with E-state index in [2.05, 4.69) is 10.6 Å². The molecule has 0 aliphatic heterocycles. The maximum Gasteiger partial charge on any atom is 0.269 e. The highest BCUT2D eigenvalue weighted by Gasteiger charge is 2.18. The Hall–Kier alpha value is -2.39. The molecule has 1 amide bonds. The molecule has 0 saturated heterocycles. The summed E-state index contributed by atoms with van der Waals surface area (Å²) in [5.74, 6) is 0.995. The van der Waals surface area contributed by atoms with Gasteiger partial charge in [0.2, 0.25) is 0 Å². The SMILES string of the molecule is COCCOc1cccc(NC(=S)NC(=O)c2sc3cc(OC)ccc3c2Cl)c1. The van der Waals surface area contributed by atoms with E-state index in [4.69, 9.17) is 38.0 Å². The van der Waals surface area contributed by atoms with Gasteiger partial charge in [-0.05, 0) is 42.5 Å². The van der Waals surface area contributed by atoms with Crippen molar-refractivity contribution < 1.29 is 19.0 Å². The molecule has 0 bridgehead atoms. The van der Waals surface area contributed by atoms with Gasteiger partial charge in [0, 0.05) is 28.9 Å². The molecule has 0 unspecified atom stereocenters. The maximum atomic E-state index is 12.6. The highest BCUT2D eigenvalue weighted by Crippen LogP contribution is 2.37. The predicted octanol–water partition coefficient (Wildman–Crippen LogP) is 4.72. The van der Waals surface area contributed by atoms with Gasteiger partial charge in [-0.1, -0.05) is 17.7 Å². The molecule has 3 aromatic rings. The number of hydrogen-bond acceptors (Lipinski definition) is 6. The van der Waals surface area contributed by atoms with Crippen molar-refractivity contribution in [2.24, 2.45) is 0 Å². The van der Waals surface area contributed by atoms with Gasteiger partial charge in [0.25, 0.3) is 5.91 Å². The van der Waals surface area contributed by atoms with E-state index in [-0.39, 0.29) is 11.0 Å². The molecule has 0 aliphatic rings. The average molecular weight is 451 g/mol. The molecule has 6 nitrogen and oxygen atoms in total. The Labute approximate surface area is 182 Å². The van der Waals surface area contributed by atoms with Crippen molar-refractivity contribution in [1.82, 2.24) is 5.32 Å². The number of methoxy groups -OCH3 is 2. The van der Waals surface area contributed by atoms with Crippen LogP contribution in [0.3, 0.4) is 0 Å². The lowest BCUT2D eigenvalue weighted by atomic mass is 10.2. The van der Waals surface area contributed by atoms with E-state index in [1.54, 1.807) is 26.4 Å². The number of benzene rings is 2. The first-order valence-corrected chi connectivity index (χ1v) is 10.2. The third-order valence-electron chi connectivity index (χ3n) is 3.92. The van der Waals surface area contributed by atoms with Gasteiger partial charge >= 0.3 is 0 Å². The molecule has 1 aromatic heterocycles. The highest BCUT2D eigenvalue weighted by molar-refractivity contribution is 7.80. The van der Waals surface area contributed by atoms with Crippen LogP contribution in [0.2, 0.25) is 5.02 Å². The summed E-state index contributed by atoms with van der Waals surface area (Å²) in [6, 6.07) is 12.7. The van der Waals surface area contributed by atoms with Crippen LogP contribution >= 0.6 is 35.2 Å². The zero-order valence-corrected chi connectivity index (χ0v) is 18.2. The monoisotopic (exact) mass is 450 g/mol. The van der Waals surface area contributed by atoms with Crippen molar-refractivity contribution in [3.05, 3.63) is 52.4 Å². The van der Waals surface area contributed by atoms with E-state index in [1.165, 1.54) is 11.3 Å². The van der Waals surface area contributed by atoms with E-state index >= 15 is 0 Å². The van der Waals surface area contributed by atoms with Crippen LogP contribution in [0.4, 0.5) is 5.69 Å². The fraction of sp³-hybridized carbons (Fsp3) is 0.200. The summed E-state index contributed by atoms with van der Waals surface area (Å²) in [6.07, 6.45) is 0. The standard InChI is InChI=1S/C20H19ClN2O4S2/c1-25-8-9-27-14-5-3-4-12(10-14)22-20(28)23-19(24)18-17(21)15-7-6-13(26-2)11-16(15)29-18/h3-7,10-11H,8-9H2,1-2H3,(H2,22,23,24,28). The van der Waals surface area contributed by atoms with E-state index < -0.39 is 0 Å². The summed E-state index contributed by atoms with van der Waals surface area (Å²) < 4.78 is 16.6. The van der Waals surface area contributed by atoms with Gasteiger partial charge < -0.3 is 19.5 Å². The number of carbonyl (C=O) groups is 1. The molecule has 152 valence electrons. The van der Waals surface area contributed by atoms with Gasteiger partial charge in [0.1, 0.15) is 23.0 Å².